The first kappa shape index (κ1) is 18.2. The minimum absolute atomic E-state index is 0.00701. The lowest BCUT2D eigenvalue weighted by Gasteiger charge is -2.26. The molecule has 2 amide bonds. The van der Waals surface area contributed by atoms with Crippen LogP contribution < -0.4 is 10.6 Å². The van der Waals surface area contributed by atoms with Gasteiger partial charge in [0.15, 0.2) is 0 Å². The number of piperidine rings is 1. The Morgan fingerprint density at radius 3 is 2.54 bits per heavy atom. The van der Waals surface area contributed by atoms with Crippen LogP contribution in [0.4, 0.5) is 10.5 Å². The first-order valence-corrected chi connectivity index (χ1v) is 9.20. The molecule has 1 aliphatic rings. The number of carbonyl (C=O) groups is 2. The van der Waals surface area contributed by atoms with Crippen molar-refractivity contribution < 1.29 is 23.1 Å². The van der Waals surface area contributed by atoms with Crippen molar-refractivity contribution >= 4 is 27.7 Å². The van der Waals surface area contributed by atoms with Crippen LogP contribution in [0.15, 0.2) is 29.2 Å². The van der Waals surface area contributed by atoms with Crippen LogP contribution in [-0.4, -0.2) is 49.5 Å². The van der Waals surface area contributed by atoms with Crippen molar-refractivity contribution in [1.29, 1.82) is 0 Å². The number of nitrogens with one attached hydrogen (secondary N) is 2. The average molecular weight is 355 g/mol. The minimum atomic E-state index is -3.56. The molecule has 0 saturated carbocycles. The van der Waals surface area contributed by atoms with E-state index < -0.39 is 22.0 Å². The fraction of sp³-hybridized carbons (Fsp3) is 0.467. The van der Waals surface area contributed by atoms with Gasteiger partial charge in [0.25, 0.3) is 0 Å². The van der Waals surface area contributed by atoms with Crippen LogP contribution in [0.1, 0.15) is 25.7 Å². The van der Waals surface area contributed by atoms with Gasteiger partial charge in [-0.3, -0.25) is 4.79 Å². The second kappa shape index (κ2) is 8.11. The molecular formula is C15H21N3O5S. The summed E-state index contributed by atoms with van der Waals surface area (Å²) in [6, 6.07) is 5.46. The van der Waals surface area contributed by atoms with Crippen molar-refractivity contribution in [3.05, 3.63) is 24.3 Å². The molecular weight excluding hydrogens is 334 g/mol. The summed E-state index contributed by atoms with van der Waals surface area (Å²) in [6.45, 7) is 1.01. The predicted octanol–water partition coefficient (Wildman–Crippen LogP) is 1.46. The molecule has 0 atom stereocenters. The maximum absolute atomic E-state index is 12.6. The van der Waals surface area contributed by atoms with Gasteiger partial charge in [0, 0.05) is 25.3 Å². The summed E-state index contributed by atoms with van der Waals surface area (Å²) in [5, 5.41) is 13.4. The number of nitrogens with zero attached hydrogens (tertiary/aromatic N) is 1. The van der Waals surface area contributed by atoms with E-state index in [1.165, 1.54) is 16.4 Å². The highest BCUT2D eigenvalue weighted by atomic mass is 32.2. The van der Waals surface area contributed by atoms with Crippen LogP contribution >= 0.6 is 0 Å². The van der Waals surface area contributed by atoms with Crippen LogP contribution in [0, 0.1) is 0 Å². The fourth-order valence-corrected chi connectivity index (χ4v) is 4.01. The Morgan fingerprint density at radius 2 is 1.88 bits per heavy atom. The molecule has 0 bridgehead atoms. The molecule has 8 nitrogen and oxygen atoms in total. The van der Waals surface area contributed by atoms with E-state index in [0.717, 1.165) is 19.3 Å². The van der Waals surface area contributed by atoms with Crippen molar-refractivity contribution in [2.45, 2.75) is 30.6 Å². The summed E-state index contributed by atoms with van der Waals surface area (Å²) in [6.07, 6.45) is 2.55. The Hall–Kier alpha value is -2.13. The van der Waals surface area contributed by atoms with E-state index in [1.54, 1.807) is 12.1 Å². The van der Waals surface area contributed by atoms with Gasteiger partial charge in [0.05, 0.1) is 11.3 Å². The van der Waals surface area contributed by atoms with Crippen LogP contribution in [0.2, 0.25) is 0 Å². The SMILES string of the molecule is O=C(O)CCNC(=O)Nc1cccc(S(=O)(=O)N2CCCCC2)c1. The lowest BCUT2D eigenvalue weighted by molar-refractivity contribution is -0.136. The van der Waals surface area contributed by atoms with Gasteiger partial charge >= 0.3 is 12.0 Å². The first-order chi connectivity index (χ1) is 11.4. The van der Waals surface area contributed by atoms with Crippen molar-refractivity contribution in [1.82, 2.24) is 9.62 Å². The van der Waals surface area contributed by atoms with E-state index >= 15 is 0 Å². The molecule has 1 fully saturated rings. The van der Waals surface area contributed by atoms with E-state index in [-0.39, 0.29) is 17.9 Å². The molecule has 1 aromatic rings. The lowest BCUT2D eigenvalue weighted by Crippen LogP contribution is -2.35. The van der Waals surface area contributed by atoms with Crippen LogP contribution in [0.25, 0.3) is 0 Å². The van der Waals surface area contributed by atoms with E-state index in [4.69, 9.17) is 5.11 Å². The summed E-state index contributed by atoms with van der Waals surface area (Å²) in [5.74, 6) is -1.01. The summed E-state index contributed by atoms with van der Waals surface area (Å²) >= 11 is 0. The number of carboxylic acid groups (broad SMARTS) is 1. The standard InChI is InChI=1S/C15H21N3O5S/c19-14(20)7-8-16-15(21)17-12-5-4-6-13(11-12)24(22,23)18-9-2-1-3-10-18/h4-6,11H,1-3,7-10H2,(H,19,20)(H2,16,17,21). The van der Waals surface area contributed by atoms with Gasteiger partial charge in [-0.05, 0) is 31.0 Å². The maximum atomic E-state index is 12.6. The number of hydrogen-bond donors (Lipinski definition) is 3. The van der Waals surface area contributed by atoms with Gasteiger partial charge in [0.2, 0.25) is 10.0 Å². The highest BCUT2D eigenvalue weighted by Crippen LogP contribution is 2.22. The Morgan fingerprint density at radius 1 is 1.17 bits per heavy atom. The fourth-order valence-electron chi connectivity index (χ4n) is 2.45. The highest BCUT2D eigenvalue weighted by Gasteiger charge is 2.26. The van der Waals surface area contributed by atoms with Gasteiger partial charge in [-0.1, -0.05) is 12.5 Å². The van der Waals surface area contributed by atoms with Gasteiger partial charge in [0.1, 0.15) is 0 Å². The third kappa shape index (κ3) is 4.93. The minimum Gasteiger partial charge on any atom is -0.481 e. The molecule has 2 rings (SSSR count). The number of benzene rings is 1. The van der Waals surface area contributed by atoms with E-state index in [2.05, 4.69) is 10.6 Å². The average Bonchev–Trinajstić information content (AvgIpc) is 2.55. The molecule has 0 radical (unpaired) electrons. The normalized spacial score (nSPS) is 15.7. The van der Waals surface area contributed by atoms with E-state index in [1.807, 2.05) is 0 Å². The van der Waals surface area contributed by atoms with Gasteiger partial charge < -0.3 is 15.7 Å². The molecule has 0 unspecified atom stereocenters. The summed E-state index contributed by atoms with van der Waals surface area (Å²) in [4.78, 5) is 22.2. The second-order valence-corrected chi connectivity index (χ2v) is 7.46. The molecule has 9 heteroatoms. The molecule has 3 N–H and O–H groups in total. The summed E-state index contributed by atoms with van der Waals surface area (Å²) in [5.41, 5.74) is 0.334. The first-order valence-electron chi connectivity index (χ1n) is 7.76. The second-order valence-electron chi connectivity index (χ2n) is 5.52. The molecule has 24 heavy (non-hydrogen) atoms. The number of carboxylic acids is 1. The van der Waals surface area contributed by atoms with Crippen LogP contribution in [0.3, 0.4) is 0 Å². The zero-order chi connectivity index (χ0) is 17.6. The lowest BCUT2D eigenvalue weighted by atomic mass is 10.2. The third-order valence-corrected chi connectivity index (χ3v) is 5.56. The molecule has 1 heterocycles. The Kier molecular flexibility index (Phi) is 6.16. The summed E-state index contributed by atoms with van der Waals surface area (Å²) in [7, 11) is -3.56. The van der Waals surface area contributed by atoms with Crippen LogP contribution in [0.5, 0.6) is 0 Å². The van der Waals surface area contributed by atoms with Gasteiger partial charge in [-0.25, -0.2) is 13.2 Å². The molecule has 0 spiro atoms. The molecule has 1 aliphatic heterocycles. The smallest absolute Gasteiger partial charge is 0.319 e. The Bertz CT molecular complexity index is 699. The number of sulfonamides is 1. The van der Waals surface area contributed by atoms with Crippen molar-refractivity contribution in [2.24, 2.45) is 0 Å². The van der Waals surface area contributed by atoms with Gasteiger partial charge in [-0.15, -0.1) is 0 Å². The van der Waals surface area contributed by atoms with Crippen molar-refractivity contribution in [3.63, 3.8) is 0 Å². The number of carbonyl (C=O) groups excluding carboxylic acids is 1. The highest BCUT2D eigenvalue weighted by molar-refractivity contribution is 7.89. The molecule has 0 aliphatic carbocycles. The quantitative estimate of drug-likeness (QED) is 0.714. The number of urea groups is 1. The zero-order valence-corrected chi connectivity index (χ0v) is 14.0. The summed E-state index contributed by atoms with van der Waals surface area (Å²) < 4.78 is 26.7. The molecule has 1 saturated heterocycles. The number of amides is 2. The number of anilines is 1. The Balaban J connectivity index is 2.02. The number of hydrogen-bond acceptors (Lipinski definition) is 4. The number of aliphatic carboxylic acids is 1. The van der Waals surface area contributed by atoms with Crippen molar-refractivity contribution in [3.8, 4) is 0 Å². The molecule has 132 valence electrons. The topological polar surface area (TPSA) is 116 Å². The predicted molar refractivity (Wildman–Crippen MR) is 88.3 cm³/mol. The largest absolute Gasteiger partial charge is 0.481 e. The van der Waals surface area contributed by atoms with Gasteiger partial charge in [-0.2, -0.15) is 4.31 Å². The maximum Gasteiger partial charge on any atom is 0.319 e. The van der Waals surface area contributed by atoms with Crippen molar-refractivity contribution in [2.75, 3.05) is 25.0 Å². The zero-order valence-electron chi connectivity index (χ0n) is 13.2. The van der Waals surface area contributed by atoms with E-state index in [9.17, 15) is 18.0 Å². The molecule has 0 aromatic heterocycles. The van der Waals surface area contributed by atoms with E-state index in [0.29, 0.717) is 18.8 Å². The number of rotatable bonds is 6. The Labute approximate surface area is 140 Å². The molecule has 1 aromatic carbocycles. The third-order valence-electron chi connectivity index (χ3n) is 3.67. The van der Waals surface area contributed by atoms with Crippen LogP contribution in [-0.2, 0) is 14.8 Å². The monoisotopic (exact) mass is 355 g/mol.